The van der Waals surface area contributed by atoms with E-state index in [1.54, 1.807) is 6.07 Å². The minimum Gasteiger partial charge on any atom is -0.508 e. The van der Waals surface area contributed by atoms with Crippen molar-refractivity contribution in [3.8, 4) is 5.75 Å². The highest BCUT2D eigenvalue weighted by Crippen LogP contribution is 2.31. The van der Waals surface area contributed by atoms with Crippen LogP contribution in [-0.4, -0.2) is 28.6 Å². The van der Waals surface area contributed by atoms with Crippen molar-refractivity contribution in [2.75, 3.05) is 6.54 Å². The van der Waals surface area contributed by atoms with Crippen LogP contribution in [0, 0.1) is 0 Å². The molecule has 2 rings (SSSR count). The number of aromatic hydroxyl groups is 1. The molecule has 0 spiro atoms. The van der Waals surface area contributed by atoms with Gasteiger partial charge in [0.25, 0.3) is 0 Å². The van der Waals surface area contributed by atoms with Crippen LogP contribution >= 0.6 is 0 Å². The Morgan fingerprint density at radius 1 is 1.17 bits per heavy atom. The van der Waals surface area contributed by atoms with Crippen LogP contribution < -0.4 is 5.32 Å². The van der Waals surface area contributed by atoms with Crippen molar-refractivity contribution in [2.24, 2.45) is 0 Å². The van der Waals surface area contributed by atoms with Gasteiger partial charge in [-0.2, -0.15) is 0 Å². The largest absolute Gasteiger partial charge is 0.508 e. The number of phenolic OH excluding ortho intramolecular Hbond substituents is 1. The molecule has 1 aromatic carbocycles. The van der Waals surface area contributed by atoms with Gasteiger partial charge in [-0.1, -0.05) is 12.1 Å². The Bertz CT molecular complexity index is 607. The number of carbonyl (C=O) groups is 2. The number of carbonyl (C=O) groups excluding carboxylic acids is 1. The van der Waals surface area contributed by atoms with E-state index in [2.05, 4.69) is 11.4 Å². The minimum atomic E-state index is -0.871. The van der Waals surface area contributed by atoms with Gasteiger partial charge in [0.1, 0.15) is 5.75 Å². The lowest BCUT2D eigenvalue weighted by atomic mass is 9.88. The zero-order valence-corrected chi connectivity index (χ0v) is 13.2. The normalized spacial score (nSPS) is 13.1. The van der Waals surface area contributed by atoms with Crippen LogP contribution in [0.2, 0.25) is 0 Å². The number of nitrogens with one attached hydrogen (secondary N) is 1. The summed E-state index contributed by atoms with van der Waals surface area (Å²) in [5.74, 6) is -0.686. The molecule has 124 valence electrons. The third-order valence-electron chi connectivity index (χ3n) is 3.98. The number of carboxylic acids is 1. The molecule has 0 bridgehead atoms. The van der Waals surface area contributed by atoms with Crippen LogP contribution in [0.5, 0.6) is 5.75 Å². The summed E-state index contributed by atoms with van der Waals surface area (Å²) in [6, 6.07) is 5.51. The summed E-state index contributed by atoms with van der Waals surface area (Å²) < 4.78 is 0. The molecular formula is C18H23NO4. The number of benzene rings is 1. The molecule has 0 aliphatic heterocycles. The van der Waals surface area contributed by atoms with Gasteiger partial charge in [-0.15, -0.1) is 0 Å². The second kappa shape index (κ2) is 8.36. The Hall–Kier alpha value is -2.30. The van der Waals surface area contributed by atoms with E-state index in [1.807, 2.05) is 12.1 Å². The zero-order chi connectivity index (χ0) is 16.7. The fraction of sp³-hybridized carbons (Fsp3) is 0.444. The SMILES string of the molecule is O=C(O)CCCC(=O)NCCCC1=CCCc2ccc(O)cc21. The average Bonchev–Trinajstić information content (AvgIpc) is 2.51. The first-order chi connectivity index (χ1) is 11.1. The summed E-state index contributed by atoms with van der Waals surface area (Å²) in [6.45, 7) is 0.581. The summed E-state index contributed by atoms with van der Waals surface area (Å²) in [6.07, 6.45) is 6.55. The highest BCUT2D eigenvalue weighted by molar-refractivity contribution is 5.76. The molecule has 1 aromatic rings. The molecule has 0 fully saturated rings. The third kappa shape index (κ3) is 5.43. The molecule has 1 aliphatic rings. The van der Waals surface area contributed by atoms with Crippen LogP contribution in [-0.2, 0) is 16.0 Å². The standard InChI is InChI=1S/C18H23NO4/c20-15-10-9-14-5-1-4-13(16(14)12-15)6-3-11-19-17(21)7-2-8-18(22)23/h4,9-10,12,20H,1-3,5-8,11H2,(H,19,21)(H,22,23). The first-order valence-corrected chi connectivity index (χ1v) is 8.06. The van der Waals surface area contributed by atoms with Crippen LogP contribution in [0.15, 0.2) is 24.3 Å². The van der Waals surface area contributed by atoms with Gasteiger partial charge in [0.05, 0.1) is 0 Å². The van der Waals surface area contributed by atoms with Gasteiger partial charge >= 0.3 is 5.97 Å². The van der Waals surface area contributed by atoms with Gasteiger partial charge in [0.2, 0.25) is 5.91 Å². The van der Waals surface area contributed by atoms with E-state index in [-0.39, 0.29) is 24.5 Å². The molecule has 23 heavy (non-hydrogen) atoms. The Balaban J connectivity index is 1.73. The number of rotatable bonds is 8. The van der Waals surface area contributed by atoms with Gasteiger partial charge < -0.3 is 15.5 Å². The molecule has 0 atom stereocenters. The molecule has 0 aromatic heterocycles. The predicted octanol–water partition coefficient (Wildman–Crippen LogP) is 2.87. The monoisotopic (exact) mass is 317 g/mol. The molecule has 0 saturated heterocycles. The number of amides is 1. The molecule has 0 saturated carbocycles. The van der Waals surface area contributed by atoms with Crippen molar-refractivity contribution in [1.29, 1.82) is 0 Å². The topological polar surface area (TPSA) is 86.6 Å². The second-order valence-corrected chi connectivity index (χ2v) is 5.81. The zero-order valence-electron chi connectivity index (χ0n) is 13.2. The summed E-state index contributed by atoms with van der Waals surface area (Å²) in [4.78, 5) is 22.0. The smallest absolute Gasteiger partial charge is 0.303 e. The Morgan fingerprint density at radius 3 is 2.78 bits per heavy atom. The first-order valence-electron chi connectivity index (χ1n) is 8.06. The van der Waals surface area contributed by atoms with E-state index in [0.29, 0.717) is 13.0 Å². The van der Waals surface area contributed by atoms with E-state index >= 15 is 0 Å². The molecule has 0 unspecified atom stereocenters. The van der Waals surface area contributed by atoms with Crippen LogP contribution in [0.3, 0.4) is 0 Å². The van der Waals surface area contributed by atoms with Crippen molar-refractivity contribution in [3.63, 3.8) is 0 Å². The predicted molar refractivity (Wildman–Crippen MR) is 88.1 cm³/mol. The van der Waals surface area contributed by atoms with E-state index in [1.165, 1.54) is 11.1 Å². The van der Waals surface area contributed by atoms with Gasteiger partial charge in [0, 0.05) is 19.4 Å². The van der Waals surface area contributed by atoms with E-state index in [0.717, 1.165) is 31.2 Å². The fourth-order valence-electron chi connectivity index (χ4n) is 2.83. The maximum atomic E-state index is 11.6. The van der Waals surface area contributed by atoms with Crippen molar-refractivity contribution < 1.29 is 19.8 Å². The lowest BCUT2D eigenvalue weighted by Crippen LogP contribution is -2.24. The number of aryl methyl sites for hydroxylation is 1. The summed E-state index contributed by atoms with van der Waals surface area (Å²) >= 11 is 0. The number of fused-ring (bicyclic) bond motifs is 1. The Morgan fingerprint density at radius 2 is 2.00 bits per heavy atom. The summed E-state index contributed by atoms with van der Waals surface area (Å²) in [5.41, 5.74) is 3.60. The first kappa shape index (κ1) is 17.1. The summed E-state index contributed by atoms with van der Waals surface area (Å²) in [7, 11) is 0. The molecule has 0 radical (unpaired) electrons. The van der Waals surface area contributed by atoms with Gasteiger partial charge in [-0.3, -0.25) is 9.59 Å². The molecular weight excluding hydrogens is 294 g/mol. The average molecular weight is 317 g/mol. The quantitative estimate of drug-likeness (QED) is 0.643. The Kier molecular flexibility index (Phi) is 6.20. The maximum Gasteiger partial charge on any atom is 0.303 e. The molecule has 3 N–H and O–H groups in total. The molecule has 5 heteroatoms. The summed E-state index contributed by atoms with van der Waals surface area (Å²) in [5, 5.41) is 21.0. The minimum absolute atomic E-state index is 0.0284. The molecule has 1 amide bonds. The van der Waals surface area contributed by atoms with Gasteiger partial charge in [0.15, 0.2) is 0 Å². The van der Waals surface area contributed by atoms with Crippen LogP contribution in [0.1, 0.15) is 49.7 Å². The number of hydrogen-bond donors (Lipinski definition) is 3. The highest BCUT2D eigenvalue weighted by atomic mass is 16.4. The van der Waals surface area contributed by atoms with Crippen molar-refractivity contribution in [1.82, 2.24) is 5.32 Å². The lowest BCUT2D eigenvalue weighted by Gasteiger charge is -2.18. The Labute approximate surface area is 136 Å². The number of allylic oxidation sites excluding steroid dienone is 2. The number of carboxylic acid groups (broad SMARTS) is 1. The van der Waals surface area contributed by atoms with Crippen molar-refractivity contribution in [3.05, 3.63) is 35.4 Å². The number of aliphatic carboxylic acids is 1. The molecule has 0 heterocycles. The van der Waals surface area contributed by atoms with Crippen molar-refractivity contribution in [2.45, 2.75) is 44.9 Å². The van der Waals surface area contributed by atoms with E-state index in [4.69, 9.17) is 5.11 Å². The van der Waals surface area contributed by atoms with Gasteiger partial charge in [-0.25, -0.2) is 0 Å². The van der Waals surface area contributed by atoms with Crippen LogP contribution in [0.4, 0.5) is 0 Å². The number of hydrogen-bond acceptors (Lipinski definition) is 3. The van der Waals surface area contributed by atoms with Crippen molar-refractivity contribution >= 4 is 17.4 Å². The molecule has 1 aliphatic carbocycles. The second-order valence-electron chi connectivity index (χ2n) is 5.81. The molecule has 5 nitrogen and oxygen atoms in total. The van der Waals surface area contributed by atoms with E-state index in [9.17, 15) is 14.7 Å². The number of phenols is 1. The maximum absolute atomic E-state index is 11.6. The lowest BCUT2D eigenvalue weighted by molar-refractivity contribution is -0.137. The van der Waals surface area contributed by atoms with E-state index < -0.39 is 5.97 Å². The highest BCUT2D eigenvalue weighted by Gasteiger charge is 2.13. The van der Waals surface area contributed by atoms with Gasteiger partial charge in [-0.05, 0) is 60.9 Å². The van der Waals surface area contributed by atoms with Crippen LogP contribution in [0.25, 0.3) is 5.57 Å². The fourth-order valence-corrected chi connectivity index (χ4v) is 2.83. The third-order valence-corrected chi connectivity index (χ3v) is 3.98.